The summed E-state index contributed by atoms with van der Waals surface area (Å²) >= 11 is 3.40. The van der Waals surface area contributed by atoms with Gasteiger partial charge >= 0.3 is 0 Å². The van der Waals surface area contributed by atoms with E-state index in [2.05, 4.69) is 37.5 Å². The van der Waals surface area contributed by atoms with Crippen LogP contribution in [0.5, 0.6) is 5.75 Å². The van der Waals surface area contributed by atoms with E-state index in [-0.39, 0.29) is 5.91 Å². The minimum atomic E-state index is -0.285. The van der Waals surface area contributed by atoms with Crippen LogP contribution >= 0.6 is 15.9 Å². The van der Waals surface area contributed by atoms with Crippen molar-refractivity contribution in [2.45, 2.75) is 12.8 Å². The minimum absolute atomic E-state index is 0.285. The summed E-state index contributed by atoms with van der Waals surface area (Å²) in [5.41, 5.74) is 2.61. The third-order valence-electron chi connectivity index (χ3n) is 3.76. The van der Waals surface area contributed by atoms with E-state index in [0.717, 1.165) is 10.0 Å². The van der Waals surface area contributed by atoms with Crippen molar-refractivity contribution < 1.29 is 9.53 Å². The number of nitriles is 1. The third-order valence-corrected chi connectivity index (χ3v) is 4.28. The number of rotatable bonds is 7. The number of H-pyrrole nitrogens is 1. The summed E-state index contributed by atoms with van der Waals surface area (Å²) in [5, 5.41) is 18.3. The Balaban J connectivity index is 1.64. The first-order valence-corrected chi connectivity index (χ1v) is 9.17. The first-order valence-electron chi connectivity index (χ1n) is 8.38. The highest BCUT2D eigenvalue weighted by atomic mass is 79.9. The van der Waals surface area contributed by atoms with Crippen LogP contribution in [0.2, 0.25) is 0 Å². The van der Waals surface area contributed by atoms with Crippen LogP contribution in [-0.4, -0.2) is 22.7 Å². The maximum atomic E-state index is 12.5. The number of aromatic nitrogens is 2. The number of hydrogen-bond donors (Lipinski definition) is 2. The van der Waals surface area contributed by atoms with E-state index >= 15 is 0 Å². The van der Waals surface area contributed by atoms with E-state index in [1.165, 1.54) is 0 Å². The molecule has 0 aliphatic carbocycles. The summed E-state index contributed by atoms with van der Waals surface area (Å²) in [6.07, 6.45) is 1.12. The van der Waals surface area contributed by atoms with Gasteiger partial charge in [0.2, 0.25) is 0 Å². The predicted octanol–water partition coefficient (Wildman–Crippen LogP) is 4.77. The number of carbonyl (C=O) groups is 1. The van der Waals surface area contributed by atoms with Crippen molar-refractivity contribution in [3.8, 4) is 23.1 Å². The topological polar surface area (TPSA) is 90.8 Å². The van der Waals surface area contributed by atoms with Crippen LogP contribution in [0.1, 0.15) is 23.3 Å². The van der Waals surface area contributed by atoms with Crippen LogP contribution in [0.25, 0.3) is 11.3 Å². The van der Waals surface area contributed by atoms with Crippen molar-refractivity contribution in [1.29, 1.82) is 5.26 Å². The van der Waals surface area contributed by atoms with Crippen molar-refractivity contribution in [1.82, 2.24) is 10.2 Å². The molecule has 0 saturated heterocycles. The molecule has 6 nitrogen and oxygen atoms in total. The normalized spacial score (nSPS) is 10.2. The predicted molar refractivity (Wildman–Crippen MR) is 106 cm³/mol. The van der Waals surface area contributed by atoms with E-state index in [1.807, 2.05) is 30.3 Å². The van der Waals surface area contributed by atoms with Crippen LogP contribution < -0.4 is 10.1 Å². The van der Waals surface area contributed by atoms with E-state index in [4.69, 9.17) is 10.00 Å². The van der Waals surface area contributed by atoms with Gasteiger partial charge in [0.1, 0.15) is 11.4 Å². The SMILES string of the molecule is N#CCCCOc1cccc(NC(=O)c2cc(-c3ccc(Br)cc3)n[nH]2)c1. The maximum Gasteiger partial charge on any atom is 0.273 e. The van der Waals surface area contributed by atoms with Gasteiger partial charge in [-0.05, 0) is 36.8 Å². The lowest BCUT2D eigenvalue weighted by atomic mass is 10.1. The lowest BCUT2D eigenvalue weighted by Gasteiger charge is -2.08. The molecule has 0 saturated carbocycles. The number of nitrogens with one attached hydrogen (secondary N) is 2. The molecule has 136 valence electrons. The second-order valence-corrected chi connectivity index (χ2v) is 6.68. The fraction of sp³-hybridized carbons (Fsp3) is 0.150. The Labute approximate surface area is 165 Å². The zero-order valence-electron chi connectivity index (χ0n) is 14.4. The molecule has 27 heavy (non-hydrogen) atoms. The molecule has 0 unspecified atom stereocenters. The molecular formula is C20H17BrN4O2. The Bertz CT molecular complexity index is 961. The maximum absolute atomic E-state index is 12.5. The highest BCUT2D eigenvalue weighted by molar-refractivity contribution is 9.10. The van der Waals surface area contributed by atoms with Crippen LogP contribution in [0.3, 0.4) is 0 Å². The number of aromatic amines is 1. The molecule has 0 bridgehead atoms. The van der Waals surface area contributed by atoms with Crippen molar-refractivity contribution in [3.05, 3.63) is 64.8 Å². The van der Waals surface area contributed by atoms with Gasteiger partial charge in [-0.2, -0.15) is 10.4 Å². The fourth-order valence-electron chi connectivity index (χ4n) is 2.41. The van der Waals surface area contributed by atoms with Crippen LogP contribution in [0.4, 0.5) is 5.69 Å². The number of hydrogen-bond acceptors (Lipinski definition) is 4. The molecule has 7 heteroatoms. The summed E-state index contributed by atoms with van der Waals surface area (Å²) in [4.78, 5) is 12.5. The first-order chi connectivity index (χ1) is 13.2. The fourth-order valence-corrected chi connectivity index (χ4v) is 2.67. The van der Waals surface area contributed by atoms with Crippen molar-refractivity contribution >= 4 is 27.5 Å². The Morgan fingerprint density at radius 2 is 2.04 bits per heavy atom. The Hall–Kier alpha value is -3.11. The molecule has 0 spiro atoms. The largest absolute Gasteiger partial charge is 0.493 e. The lowest BCUT2D eigenvalue weighted by Crippen LogP contribution is -2.12. The average molecular weight is 425 g/mol. The van der Waals surface area contributed by atoms with Gasteiger partial charge in [0.25, 0.3) is 5.91 Å². The van der Waals surface area contributed by atoms with Crippen molar-refractivity contribution in [2.75, 3.05) is 11.9 Å². The van der Waals surface area contributed by atoms with Gasteiger partial charge < -0.3 is 10.1 Å². The molecular weight excluding hydrogens is 408 g/mol. The molecule has 3 rings (SSSR count). The molecule has 0 atom stereocenters. The van der Waals surface area contributed by atoms with Gasteiger partial charge in [-0.3, -0.25) is 9.89 Å². The molecule has 1 heterocycles. The third kappa shape index (κ3) is 5.19. The van der Waals surface area contributed by atoms with Crippen molar-refractivity contribution in [2.24, 2.45) is 0 Å². The Kier molecular flexibility index (Phi) is 6.23. The second-order valence-electron chi connectivity index (χ2n) is 5.77. The molecule has 3 aromatic rings. The molecule has 0 aliphatic heterocycles. The number of amides is 1. The van der Waals surface area contributed by atoms with Gasteiger partial charge in [-0.15, -0.1) is 0 Å². The molecule has 2 aromatic carbocycles. The zero-order valence-corrected chi connectivity index (χ0v) is 16.0. The Morgan fingerprint density at radius 3 is 2.81 bits per heavy atom. The standard InChI is InChI=1S/C20H17BrN4O2/c21-15-8-6-14(7-9-15)18-13-19(25-24-18)20(26)23-16-4-3-5-17(12-16)27-11-2-1-10-22/h3-9,12-13H,1-2,11H2,(H,23,26)(H,24,25). The van der Waals surface area contributed by atoms with Crippen LogP contribution in [0.15, 0.2) is 59.1 Å². The van der Waals surface area contributed by atoms with Gasteiger partial charge in [0.05, 0.1) is 18.4 Å². The molecule has 1 amide bonds. The number of halogens is 1. The minimum Gasteiger partial charge on any atom is -0.493 e. The van der Waals surface area contributed by atoms with Gasteiger partial charge in [0, 0.05) is 28.2 Å². The van der Waals surface area contributed by atoms with Gasteiger partial charge in [0.15, 0.2) is 0 Å². The monoisotopic (exact) mass is 424 g/mol. The summed E-state index contributed by atoms with van der Waals surface area (Å²) in [6, 6.07) is 18.6. The number of nitrogens with zero attached hydrogens (tertiary/aromatic N) is 2. The lowest BCUT2D eigenvalue weighted by molar-refractivity contribution is 0.102. The number of benzene rings is 2. The van der Waals surface area contributed by atoms with Gasteiger partial charge in [-0.25, -0.2) is 0 Å². The molecule has 0 fully saturated rings. The zero-order chi connectivity index (χ0) is 19.1. The summed E-state index contributed by atoms with van der Waals surface area (Å²) in [7, 11) is 0. The Morgan fingerprint density at radius 1 is 1.22 bits per heavy atom. The van der Waals surface area contributed by atoms with E-state index in [9.17, 15) is 4.79 Å². The van der Waals surface area contributed by atoms with Crippen molar-refractivity contribution in [3.63, 3.8) is 0 Å². The first kappa shape index (κ1) is 18.7. The second kappa shape index (κ2) is 9.01. The number of ether oxygens (including phenoxy) is 1. The number of carbonyl (C=O) groups excluding carboxylic acids is 1. The molecule has 0 aliphatic rings. The number of anilines is 1. The van der Waals surface area contributed by atoms with E-state index in [0.29, 0.717) is 42.3 Å². The summed E-state index contributed by atoms with van der Waals surface area (Å²) in [5.74, 6) is 0.360. The van der Waals surface area contributed by atoms with E-state index in [1.54, 1.807) is 24.3 Å². The highest BCUT2D eigenvalue weighted by Crippen LogP contribution is 2.22. The quantitative estimate of drug-likeness (QED) is 0.534. The molecule has 1 aromatic heterocycles. The number of unbranched alkanes of at least 4 members (excludes halogenated alkanes) is 1. The van der Waals surface area contributed by atoms with Crippen LogP contribution in [0, 0.1) is 11.3 Å². The summed E-state index contributed by atoms with van der Waals surface area (Å²) in [6.45, 7) is 0.460. The van der Waals surface area contributed by atoms with Crippen LogP contribution in [-0.2, 0) is 0 Å². The smallest absolute Gasteiger partial charge is 0.273 e. The molecule has 0 radical (unpaired) electrons. The summed E-state index contributed by atoms with van der Waals surface area (Å²) < 4.78 is 6.56. The van der Waals surface area contributed by atoms with E-state index < -0.39 is 0 Å². The average Bonchev–Trinajstić information content (AvgIpc) is 3.16. The molecule has 2 N–H and O–H groups in total. The highest BCUT2D eigenvalue weighted by Gasteiger charge is 2.12. The van der Waals surface area contributed by atoms with Gasteiger partial charge in [-0.1, -0.05) is 34.1 Å².